The zero-order valence-electron chi connectivity index (χ0n) is 11.3. The second-order valence-electron chi connectivity index (χ2n) is 4.47. The van der Waals surface area contributed by atoms with Crippen molar-refractivity contribution in [3.05, 3.63) is 68.7 Å². The predicted molar refractivity (Wildman–Crippen MR) is 86.9 cm³/mol. The van der Waals surface area contributed by atoms with Gasteiger partial charge in [-0.2, -0.15) is 0 Å². The fourth-order valence-corrected chi connectivity index (χ4v) is 2.42. The van der Waals surface area contributed by atoms with Crippen LogP contribution in [0.1, 0.15) is 15.9 Å². The number of Topliss-reactive ketones (excluding diaryl/α,β-unsaturated/α-hetero) is 1. The summed E-state index contributed by atoms with van der Waals surface area (Å²) >= 11 is 17.7. The normalized spacial score (nSPS) is 10.3. The molecule has 0 saturated heterocycles. The van der Waals surface area contributed by atoms with Crippen LogP contribution in [-0.4, -0.2) is 18.4 Å². The molecule has 0 saturated carbocycles. The van der Waals surface area contributed by atoms with Crippen molar-refractivity contribution in [2.75, 3.05) is 6.61 Å². The molecular weight excluding hydrogens is 347 g/mol. The van der Waals surface area contributed by atoms with Crippen LogP contribution in [0.15, 0.2) is 42.5 Å². The third kappa shape index (κ3) is 4.47. The summed E-state index contributed by atoms with van der Waals surface area (Å²) in [5.41, 5.74) is 0.905. The van der Waals surface area contributed by atoms with E-state index in [0.717, 1.165) is 0 Å². The fraction of sp³-hybridized carbons (Fsp3) is 0.125. The van der Waals surface area contributed by atoms with Crippen molar-refractivity contribution in [3.8, 4) is 0 Å². The molecule has 0 bridgehead atoms. The molecule has 2 aromatic carbocycles. The van der Waals surface area contributed by atoms with Gasteiger partial charge in [0.25, 0.3) is 0 Å². The predicted octanol–water partition coefficient (Wildman–Crippen LogP) is 4.62. The second-order valence-corrected chi connectivity index (χ2v) is 5.72. The molecule has 0 aliphatic rings. The molecule has 22 heavy (non-hydrogen) atoms. The molecule has 0 unspecified atom stereocenters. The number of hydrogen-bond acceptors (Lipinski definition) is 3. The summed E-state index contributed by atoms with van der Waals surface area (Å²) in [6.45, 7) is -0.345. The van der Waals surface area contributed by atoms with Gasteiger partial charge in [0.15, 0.2) is 12.4 Å². The SMILES string of the molecule is O=C(Cc1c(Cl)cccc1Cl)OCC(=O)c1ccc(Cl)cc1. The summed E-state index contributed by atoms with van der Waals surface area (Å²) in [5, 5.41) is 1.30. The summed E-state index contributed by atoms with van der Waals surface area (Å²) in [4.78, 5) is 23.7. The quantitative estimate of drug-likeness (QED) is 0.579. The molecule has 0 spiro atoms. The zero-order chi connectivity index (χ0) is 16.1. The first-order valence-electron chi connectivity index (χ1n) is 6.34. The lowest BCUT2D eigenvalue weighted by Crippen LogP contribution is -2.16. The largest absolute Gasteiger partial charge is 0.457 e. The van der Waals surface area contributed by atoms with Crippen LogP contribution in [0.4, 0.5) is 0 Å². The summed E-state index contributed by atoms with van der Waals surface area (Å²) in [6.07, 6.45) is -0.0909. The van der Waals surface area contributed by atoms with Gasteiger partial charge in [0.1, 0.15) is 0 Å². The van der Waals surface area contributed by atoms with Gasteiger partial charge in [0.2, 0.25) is 0 Å². The van der Waals surface area contributed by atoms with Crippen LogP contribution in [-0.2, 0) is 16.0 Å². The number of ketones is 1. The van der Waals surface area contributed by atoms with Crippen LogP contribution in [0, 0.1) is 0 Å². The molecule has 0 heterocycles. The molecule has 0 aliphatic carbocycles. The Morgan fingerprint density at radius 2 is 1.50 bits per heavy atom. The molecule has 2 aromatic rings. The van der Waals surface area contributed by atoms with Gasteiger partial charge in [-0.3, -0.25) is 9.59 Å². The van der Waals surface area contributed by atoms with Crippen molar-refractivity contribution in [1.82, 2.24) is 0 Å². The number of benzene rings is 2. The Labute approximate surface area is 142 Å². The number of hydrogen-bond donors (Lipinski definition) is 0. The Kier molecular flexibility index (Phi) is 5.83. The summed E-state index contributed by atoms with van der Waals surface area (Å²) in [6, 6.07) is 11.3. The van der Waals surface area contributed by atoms with Gasteiger partial charge in [0, 0.05) is 26.2 Å². The highest BCUT2D eigenvalue weighted by Gasteiger charge is 2.14. The molecule has 0 fully saturated rings. The maximum atomic E-state index is 11.9. The van der Waals surface area contributed by atoms with E-state index in [-0.39, 0.29) is 18.8 Å². The molecule has 0 N–H and O–H groups in total. The molecule has 0 radical (unpaired) electrons. The summed E-state index contributed by atoms with van der Waals surface area (Å²) < 4.78 is 4.96. The molecule has 114 valence electrons. The van der Waals surface area contributed by atoms with E-state index in [1.165, 1.54) is 0 Å². The average Bonchev–Trinajstić information content (AvgIpc) is 2.49. The summed E-state index contributed by atoms with van der Waals surface area (Å²) in [7, 11) is 0. The van der Waals surface area contributed by atoms with Gasteiger partial charge < -0.3 is 4.74 Å². The minimum absolute atomic E-state index is 0.0909. The smallest absolute Gasteiger partial charge is 0.310 e. The van der Waals surface area contributed by atoms with Gasteiger partial charge >= 0.3 is 5.97 Å². The molecule has 6 heteroatoms. The first-order chi connectivity index (χ1) is 10.5. The van der Waals surface area contributed by atoms with Crippen LogP contribution in [0.5, 0.6) is 0 Å². The van der Waals surface area contributed by atoms with Crippen molar-refractivity contribution in [2.45, 2.75) is 6.42 Å². The minimum atomic E-state index is -0.572. The van der Waals surface area contributed by atoms with Crippen molar-refractivity contribution < 1.29 is 14.3 Å². The molecule has 0 atom stereocenters. The van der Waals surface area contributed by atoms with E-state index in [1.807, 2.05) is 0 Å². The number of carbonyl (C=O) groups excluding carboxylic acids is 2. The minimum Gasteiger partial charge on any atom is -0.457 e. The molecule has 2 rings (SSSR count). The lowest BCUT2D eigenvalue weighted by atomic mass is 10.1. The Balaban J connectivity index is 1.93. The van der Waals surface area contributed by atoms with Gasteiger partial charge in [-0.15, -0.1) is 0 Å². The number of rotatable bonds is 5. The van der Waals surface area contributed by atoms with Gasteiger partial charge in [0.05, 0.1) is 6.42 Å². The monoisotopic (exact) mass is 356 g/mol. The second kappa shape index (κ2) is 7.63. The van der Waals surface area contributed by atoms with E-state index >= 15 is 0 Å². The molecule has 3 nitrogen and oxygen atoms in total. The summed E-state index contributed by atoms with van der Waals surface area (Å²) in [5.74, 6) is -0.882. The Hall–Kier alpha value is -1.55. The van der Waals surface area contributed by atoms with E-state index in [1.54, 1.807) is 42.5 Å². The molecular formula is C16H11Cl3O3. The topological polar surface area (TPSA) is 43.4 Å². The number of halogens is 3. The Morgan fingerprint density at radius 3 is 2.09 bits per heavy atom. The third-order valence-corrected chi connectivity index (χ3v) is 3.87. The van der Waals surface area contributed by atoms with E-state index < -0.39 is 5.97 Å². The van der Waals surface area contributed by atoms with Gasteiger partial charge in [-0.05, 0) is 36.4 Å². The fourth-order valence-electron chi connectivity index (χ4n) is 1.76. The van der Waals surface area contributed by atoms with Crippen LogP contribution < -0.4 is 0 Å². The first kappa shape index (κ1) is 16.8. The zero-order valence-corrected chi connectivity index (χ0v) is 13.6. The van der Waals surface area contributed by atoms with Crippen molar-refractivity contribution >= 4 is 46.6 Å². The highest BCUT2D eigenvalue weighted by Crippen LogP contribution is 2.24. The van der Waals surface area contributed by atoms with E-state index in [9.17, 15) is 9.59 Å². The highest BCUT2D eigenvalue weighted by atomic mass is 35.5. The van der Waals surface area contributed by atoms with Crippen molar-refractivity contribution in [3.63, 3.8) is 0 Å². The van der Waals surface area contributed by atoms with Crippen LogP contribution >= 0.6 is 34.8 Å². The van der Waals surface area contributed by atoms with Crippen molar-refractivity contribution in [1.29, 1.82) is 0 Å². The lowest BCUT2D eigenvalue weighted by Gasteiger charge is -2.07. The Bertz CT molecular complexity index is 676. The standard InChI is InChI=1S/C16H11Cl3O3/c17-11-6-4-10(5-7-11)15(20)9-22-16(21)8-12-13(18)2-1-3-14(12)19/h1-7H,8-9H2. The van der Waals surface area contributed by atoms with E-state index in [0.29, 0.717) is 26.2 Å². The molecule has 0 aliphatic heterocycles. The van der Waals surface area contributed by atoms with Gasteiger partial charge in [-0.1, -0.05) is 40.9 Å². The number of esters is 1. The van der Waals surface area contributed by atoms with Gasteiger partial charge in [-0.25, -0.2) is 0 Å². The third-order valence-electron chi connectivity index (χ3n) is 2.91. The highest BCUT2D eigenvalue weighted by molar-refractivity contribution is 6.36. The molecule has 0 amide bonds. The number of carbonyl (C=O) groups is 2. The van der Waals surface area contributed by atoms with Crippen LogP contribution in [0.3, 0.4) is 0 Å². The van der Waals surface area contributed by atoms with Crippen LogP contribution in [0.25, 0.3) is 0 Å². The number of ether oxygens (including phenoxy) is 1. The Morgan fingerprint density at radius 1 is 0.909 bits per heavy atom. The van der Waals surface area contributed by atoms with E-state index in [2.05, 4.69) is 0 Å². The maximum absolute atomic E-state index is 11.9. The van der Waals surface area contributed by atoms with Crippen molar-refractivity contribution in [2.24, 2.45) is 0 Å². The van der Waals surface area contributed by atoms with Crippen LogP contribution in [0.2, 0.25) is 15.1 Å². The maximum Gasteiger partial charge on any atom is 0.310 e. The van der Waals surface area contributed by atoms with E-state index in [4.69, 9.17) is 39.5 Å². The first-order valence-corrected chi connectivity index (χ1v) is 7.48. The molecule has 0 aromatic heterocycles. The average molecular weight is 358 g/mol. The lowest BCUT2D eigenvalue weighted by molar-refractivity contribution is -0.141.